The van der Waals surface area contributed by atoms with Crippen molar-refractivity contribution in [1.82, 2.24) is 4.90 Å². The van der Waals surface area contributed by atoms with Gasteiger partial charge in [0.15, 0.2) is 5.76 Å². The predicted molar refractivity (Wildman–Crippen MR) is 106 cm³/mol. The average molecular weight is 402 g/mol. The molecular formula is C22H21ClFNO3. The van der Waals surface area contributed by atoms with E-state index in [2.05, 4.69) is 11.8 Å². The highest BCUT2D eigenvalue weighted by Crippen LogP contribution is 2.41. The number of likely N-dealkylation sites (tertiary alicyclic amines) is 1. The first-order chi connectivity index (χ1) is 13.5. The minimum absolute atomic E-state index is 0.000502. The standard InChI is InChI=1S/C22H21ClFNO3/c1-13-5-2-3-10-25(13)12-16-19(26)9-8-14-21(27)20(28-22(14)16)11-15-17(23)6-4-7-18(15)24/h4,6-9,11,13,26H,2-3,5,10,12H2,1H3/b20-11-/t13-/m1/s1. The summed E-state index contributed by atoms with van der Waals surface area (Å²) in [7, 11) is 0. The Morgan fingerprint density at radius 2 is 2.14 bits per heavy atom. The number of hydrogen-bond donors (Lipinski definition) is 1. The summed E-state index contributed by atoms with van der Waals surface area (Å²) in [6.45, 7) is 3.60. The molecular weight excluding hydrogens is 381 g/mol. The van der Waals surface area contributed by atoms with Crippen molar-refractivity contribution in [3.05, 3.63) is 63.6 Å². The maximum absolute atomic E-state index is 14.1. The zero-order valence-electron chi connectivity index (χ0n) is 15.5. The number of benzene rings is 2. The lowest BCUT2D eigenvalue weighted by molar-refractivity contribution is 0.101. The number of allylic oxidation sites excluding steroid dienone is 1. The second-order valence-electron chi connectivity index (χ2n) is 7.33. The Kier molecular flexibility index (Phi) is 5.13. The quantitative estimate of drug-likeness (QED) is 0.720. The third-order valence-corrected chi connectivity index (χ3v) is 5.82. The first-order valence-corrected chi connectivity index (χ1v) is 9.80. The molecule has 2 aliphatic heterocycles. The second-order valence-corrected chi connectivity index (χ2v) is 7.74. The molecule has 0 radical (unpaired) electrons. The van der Waals surface area contributed by atoms with Crippen LogP contribution in [0.1, 0.15) is 47.7 Å². The van der Waals surface area contributed by atoms with Crippen LogP contribution in [0.3, 0.4) is 0 Å². The van der Waals surface area contributed by atoms with Crippen molar-refractivity contribution in [2.75, 3.05) is 6.54 Å². The van der Waals surface area contributed by atoms with Gasteiger partial charge in [-0.05, 0) is 56.7 Å². The summed E-state index contributed by atoms with van der Waals surface area (Å²) in [5.74, 6) is -0.434. The minimum atomic E-state index is -0.530. The van der Waals surface area contributed by atoms with Gasteiger partial charge in [-0.1, -0.05) is 24.1 Å². The molecule has 1 atom stereocenters. The minimum Gasteiger partial charge on any atom is -0.507 e. The monoisotopic (exact) mass is 401 g/mol. The fourth-order valence-corrected chi connectivity index (χ4v) is 4.04. The summed E-state index contributed by atoms with van der Waals surface area (Å²) in [5.41, 5.74) is 1.06. The van der Waals surface area contributed by atoms with Crippen molar-refractivity contribution in [2.24, 2.45) is 0 Å². The molecule has 2 aromatic carbocycles. The van der Waals surface area contributed by atoms with Crippen LogP contribution in [0.2, 0.25) is 5.02 Å². The molecule has 0 amide bonds. The Morgan fingerprint density at radius 3 is 2.89 bits per heavy atom. The Balaban J connectivity index is 1.70. The molecule has 0 spiro atoms. The van der Waals surface area contributed by atoms with Crippen LogP contribution in [0, 0.1) is 5.82 Å². The van der Waals surface area contributed by atoms with Gasteiger partial charge in [0.1, 0.15) is 17.3 Å². The molecule has 2 aliphatic rings. The van der Waals surface area contributed by atoms with Gasteiger partial charge in [-0.15, -0.1) is 0 Å². The average Bonchev–Trinajstić information content (AvgIpc) is 2.98. The third-order valence-electron chi connectivity index (χ3n) is 5.49. The van der Waals surface area contributed by atoms with Gasteiger partial charge in [-0.25, -0.2) is 4.39 Å². The van der Waals surface area contributed by atoms with Crippen LogP contribution in [0.15, 0.2) is 36.1 Å². The van der Waals surface area contributed by atoms with Gasteiger partial charge in [0.05, 0.1) is 16.1 Å². The van der Waals surface area contributed by atoms with Gasteiger partial charge >= 0.3 is 0 Å². The summed E-state index contributed by atoms with van der Waals surface area (Å²) in [5, 5.41) is 10.6. The van der Waals surface area contributed by atoms with E-state index in [1.54, 1.807) is 12.1 Å². The summed E-state index contributed by atoms with van der Waals surface area (Å²) >= 11 is 6.07. The van der Waals surface area contributed by atoms with Gasteiger partial charge < -0.3 is 9.84 Å². The molecule has 1 fully saturated rings. The number of Topliss-reactive ketones (excluding diaryl/α,β-unsaturated/α-hetero) is 1. The lowest BCUT2D eigenvalue weighted by atomic mass is 10.0. The second kappa shape index (κ2) is 7.57. The number of fused-ring (bicyclic) bond motifs is 1. The van der Waals surface area contributed by atoms with Crippen molar-refractivity contribution in [1.29, 1.82) is 0 Å². The molecule has 2 aromatic rings. The van der Waals surface area contributed by atoms with Crippen LogP contribution in [0.4, 0.5) is 4.39 Å². The number of piperidine rings is 1. The van der Waals surface area contributed by atoms with Crippen LogP contribution >= 0.6 is 11.6 Å². The topological polar surface area (TPSA) is 49.8 Å². The smallest absolute Gasteiger partial charge is 0.231 e. The molecule has 0 bridgehead atoms. The normalized spacial score (nSPS) is 21.0. The highest BCUT2D eigenvalue weighted by Gasteiger charge is 2.33. The van der Waals surface area contributed by atoms with Crippen molar-refractivity contribution in [3.63, 3.8) is 0 Å². The Morgan fingerprint density at radius 1 is 1.32 bits per heavy atom. The highest BCUT2D eigenvalue weighted by molar-refractivity contribution is 6.32. The largest absolute Gasteiger partial charge is 0.507 e. The van der Waals surface area contributed by atoms with Crippen LogP contribution in [0.5, 0.6) is 11.5 Å². The van der Waals surface area contributed by atoms with E-state index in [0.717, 1.165) is 19.4 Å². The zero-order chi connectivity index (χ0) is 19.8. The van der Waals surface area contributed by atoms with E-state index < -0.39 is 5.82 Å². The molecule has 1 saturated heterocycles. The molecule has 0 saturated carbocycles. The third kappa shape index (κ3) is 3.40. The summed E-state index contributed by atoms with van der Waals surface area (Å²) in [6, 6.07) is 7.79. The molecule has 4 nitrogen and oxygen atoms in total. The molecule has 0 aliphatic carbocycles. The summed E-state index contributed by atoms with van der Waals surface area (Å²) < 4.78 is 19.9. The maximum Gasteiger partial charge on any atom is 0.231 e. The van der Waals surface area contributed by atoms with Gasteiger partial charge in [-0.2, -0.15) is 0 Å². The Bertz CT molecular complexity index is 952. The summed E-state index contributed by atoms with van der Waals surface area (Å²) in [4.78, 5) is 15.1. The van der Waals surface area contributed by atoms with Crippen molar-refractivity contribution < 1.29 is 19.0 Å². The van der Waals surface area contributed by atoms with E-state index in [1.807, 2.05) is 0 Å². The van der Waals surface area contributed by atoms with Gasteiger partial charge in [-0.3, -0.25) is 9.69 Å². The summed E-state index contributed by atoms with van der Waals surface area (Å²) in [6.07, 6.45) is 4.73. The van der Waals surface area contributed by atoms with E-state index in [1.165, 1.54) is 30.7 Å². The number of phenols is 1. The SMILES string of the molecule is C[C@@H]1CCCCN1Cc1c(O)ccc2c1O/C(=C\c1c(F)cccc1Cl)C2=O. The van der Waals surface area contributed by atoms with Gasteiger partial charge in [0.2, 0.25) is 5.78 Å². The van der Waals surface area contributed by atoms with Crippen molar-refractivity contribution in [2.45, 2.75) is 38.8 Å². The number of nitrogens with zero attached hydrogens (tertiary/aromatic N) is 1. The molecule has 4 rings (SSSR count). The molecule has 1 N–H and O–H groups in total. The highest BCUT2D eigenvalue weighted by atomic mass is 35.5. The molecule has 0 aromatic heterocycles. The number of hydrogen-bond acceptors (Lipinski definition) is 4. The van der Waals surface area contributed by atoms with Crippen LogP contribution in [-0.2, 0) is 6.54 Å². The number of carbonyl (C=O) groups excluding carboxylic acids is 1. The fraction of sp³-hybridized carbons (Fsp3) is 0.318. The number of phenolic OH excluding ortho intramolecular Hbond substituents is 1. The lowest BCUT2D eigenvalue weighted by Crippen LogP contribution is -2.36. The number of ether oxygens (including phenoxy) is 1. The number of halogens is 2. The van der Waals surface area contributed by atoms with E-state index in [4.69, 9.17) is 16.3 Å². The maximum atomic E-state index is 14.1. The molecule has 2 heterocycles. The lowest BCUT2D eigenvalue weighted by Gasteiger charge is -2.33. The Hall–Kier alpha value is -2.37. The number of aromatic hydroxyl groups is 1. The van der Waals surface area contributed by atoms with Crippen LogP contribution in [-0.4, -0.2) is 28.4 Å². The molecule has 146 valence electrons. The first-order valence-electron chi connectivity index (χ1n) is 9.43. The van der Waals surface area contributed by atoms with E-state index in [-0.39, 0.29) is 27.9 Å². The number of ketones is 1. The zero-order valence-corrected chi connectivity index (χ0v) is 16.3. The van der Waals surface area contributed by atoms with E-state index in [9.17, 15) is 14.3 Å². The Labute approximate surface area is 168 Å². The van der Waals surface area contributed by atoms with Crippen molar-refractivity contribution in [3.8, 4) is 11.5 Å². The van der Waals surface area contributed by atoms with Gasteiger partial charge in [0.25, 0.3) is 0 Å². The van der Waals surface area contributed by atoms with Crippen LogP contribution in [0.25, 0.3) is 6.08 Å². The predicted octanol–water partition coefficient (Wildman–Crippen LogP) is 5.18. The van der Waals surface area contributed by atoms with E-state index >= 15 is 0 Å². The van der Waals surface area contributed by atoms with Crippen molar-refractivity contribution >= 4 is 23.5 Å². The van der Waals surface area contributed by atoms with Gasteiger partial charge in [0, 0.05) is 18.2 Å². The molecule has 6 heteroatoms. The number of rotatable bonds is 3. The fourth-order valence-electron chi connectivity index (χ4n) is 3.82. The van der Waals surface area contributed by atoms with E-state index in [0.29, 0.717) is 29.5 Å². The first kappa shape index (κ1) is 19.0. The number of carbonyl (C=O) groups is 1. The molecule has 28 heavy (non-hydrogen) atoms. The molecule has 0 unspecified atom stereocenters. The van der Waals surface area contributed by atoms with Crippen LogP contribution < -0.4 is 4.74 Å².